The second-order valence-electron chi connectivity index (χ2n) is 6.84. The smallest absolute Gasteiger partial charge is 0.267 e. The van der Waals surface area contributed by atoms with Crippen LogP contribution in [0.15, 0.2) is 30.0 Å². The summed E-state index contributed by atoms with van der Waals surface area (Å²) in [4.78, 5) is 16.2. The van der Waals surface area contributed by atoms with Gasteiger partial charge in [-0.1, -0.05) is 23.2 Å². The predicted octanol–water partition coefficient (Wildman–Crippen LogP) is 2.39. The molecule has 2 rings (SSSR count). The molecule has 0 saturated carbocycles. The van der Waals surface area contributed by atoms with E-state index in [-0.39, 0.29) is 28.1 Å². The molecule has 0 radical (unpaired) electrons. The molecule has 1 fully saturated rings. The Bertz CT molecular complexity index is 910. The quantitative estimate of drug-likeness (QED) is 0.512. The van der Waals surface area contributed by atoms with Crippen LogP contribution in [0.5, 0.6) is 0 Å². The lowest BCUT2D eigenvalue weighted by atomic mass is 10.2. The van der Waals surface area contributed by atoms with Gasteiger partial charge in [-0.15, -0.1) is 0 Å². The molecule has 0 spiro atoms. The number of amides is 1. The Morgan fingerprint density at radius 1 is 1.32 bits per heavy atom. The summed E-state index contributed by atoms with van der Waals surface area (Å²) in [5.41, 5.74) is 0.290. The van der Waals surface area contributed by atoms with Crippen molar-refractivity contribution in [1.82, 2.24) is 9.80 Å². The highest BCUT2D eigenvalue weighted by molar-refractivity contribution is 7.91. The molecular formula is C18H22Cl2N4O3S. The largest absolute Gasteiger partial charge is 0.371 e. The number of hydrogen-bond donors (Lipinski definition) is 1. The zero-order chi connectivity index (χ0) is 20.9. The molecule has 28 heavy (non-hydrogen) atoms. The summed E-state index contributed by atoms with van der Waals surface area (Å²) in [6.45, 7) is 1.15. The molecule has 1 amide bonds. The van der Waals surface area contributed by atoms with Crippen molar-refractivity contribution >= 4 is 44.6 Å². The first-order chi connectivity index (χ1) is 13.1. The van der Waals surface area contributed by atoms with Crippen molar-refractivity contribution in [1.29, 1.82) is 5.26 Å². The lowest BCUT2D eigenvalue weighted by molar-refractivity contribution is -0.112. The standard InChI is InChI=1S/C18H22Cl2N4O3S/c1-23(2)6-7-24(15-5-8-28(26,27)12-15)11-13(10-21)18(25)22-14-3-4-16(19)17(20)9-14/h3-4,9,11,15H,5-8,12H2,1-2H3,(H,22,25)/b13-11-. The molecule has 1 aliphatic rings. The number of nitriles is 1. The fraction of sp³-hybridized carbons (Fsp3) is 0.444. The summed E-state index contributed by atoms with van der Waals surface area (Å²) >= 11 is 11.8. The number of nitrogens with zero attached hydrogens (tertiary/aromatic N) is 3. The monoisotopic (exact) mass is 444 g/mol. The Morgan fingerprint density at radius 3 is 2.57 bits per heavy atom. The van der Waals surface area contributed by atoms with Crippen LogP contribution in [-0.4, -0.2) is 68.9 Å². The van der Waals surface area contributed by atoms with Crippen molar-refractivity contribution in [2.75, 3.05) is 44.0 Å². The maximum Gasteiger partial charge on any atom is 0.267 e. The van der Waals surface area contributed by atoms with Crippen LogP contribution in [0, 0.1) is 11.3 Å². The third-order valence-electron chi connectivity index (χ3n) is 4.32. The van der Waals surface area contributed by atoms with Gasteiger partial charge in [0.05, 0.1) is 21.6 Å². The SMILES string of the molecule is CN(C)CCN(/C=C(/C#N)C(=O)Nc1ccc(Cl)c(Cl)c1)C1CCS(=O)(=O)C1. The molecule has 7 nitrogen and oxygen atoms in total. The summed E-state index contributed by atoms with van der Waals surface area (Å²) in [7, 11) is 0.702. The molecule has 10 heteroatoms. The second-order valence-corrected chi connectivity index (χ2v) is 9.88. The third kappa shape index (κ3) is 6.38. The van der Waals surface area contributed by atoms with Gasteiger partial charge in [0.1, 0.15) is 11.6 Å². The van der Waals surface area contributed by atoms with Crippen LogP contribution in [0.4, 0.5) is 5.69 Å². The molecule has 0 aliphatic carbocycles. The Kier molecular flexibility index (Phi) is 7.72. The van der Waals surface area contributed by atoms with Gasteiger partial charge in [-0.25, -0.2) is 8.42 Å². The number of anilines is 1. The zero-order valence-electron chi connectivity index (χ0n) is 15.7. The van der Waals surface area contributed by atoms with E-state index in [9.17, 15) is 18.5 Å². The second kappa shape index (κ2) is 9.61. The predicted molar refractivity (Wildman–Crippen MR) is 111 cm³/mol. The van der Waals surface area contributed by atoms with Crippen molar-refractivity contribution in [3.8, 4) is 6.07 Å². The van der Waals surface area contributed by atoms with Crippen LogP contribution in [0.25, 0.3) is 0 Å². The van der Waals surface area contributed by atoms with Crippen LogP contribution in [0.1, 0.15) is 6.42 Å². The number of sulfone groups is 1. The molecule has 1 aromatic carbocycles. The van der Waals surface area contributed by atoms with Crippen LogP contribution < -0.4 is 5.32 Å². The highest BCUT2D eigenvalue weighted by Gasteiger charge is 2.31. The average molecular weight is 445 g/mol. The van der Waals surface area contributed by atoms with E-state index in [4.69, 9.17) is 23.2 Å². The molecule has 1 aliphatic heterocycles. The minimum absolute atomic E-state index is 0.0179. The summed E-state index contributed by atoms with van der Waals surface area (Å²) in [5.74, 6) is -0.470. The van der Waals surface area contributed by atoms with E-state index in [1.165, 1.54) is 12.3 Å². The minimum Gasteiger partial charge on any atom is -0.371 e. The highest BCUT2D eigenvalue weighted by Crippen LogP contribution is 2.25. The van der Waals surface area contributed by atoms with Crippen LogP contribution in [-0.2, 0) is 14.6 Å². The Morgan fingerprint density at radius 2 is 2.04 bits per heavy atom. The summed E-state index contributed by atoms with van der Waals surface area (Å²) in [6, 6.07) is 6.25. The van der Waals surface area contributed by atoms with Crippen molar-refractivity contribution in [3.63, 3.8) is 0 Å². The fourth-order valence-corrected chi connectivity index (χ4v) is 4.82. The van der Waals surface area contributed by atoms with Gasteiger partial charge in [-0.2, -0.15) is 5.26 Å². The Labute approximate surface area is 175 Å². The first-order valence-corrected chi connectivity index (χ1v) is 11.2. The first kappa shape index (κ1) is 22.5. The van der Waals surface area contributed by atoms with Crippen molar-refractivity contribution in [2.24, 2.45) is 0 Å². The molecule has 0 aromatic heterocycles. The molecule has 1 aromatic rings. The summed E-state index contributed by atoms with van der Waals surface area (Å²) in [6.07, 6.45) is 1.92. The number of nitrogens with one attached hydrogen (secondary N) is 1. The molecule has 1 atom stereocenters. The van der Waals surface area contributed by atoms with Gasteiger partial charge in [-0.3, -0.25) is 4.79 Å². The molecule has 0 bridgehead atoms. The number of rotatable bonds is 7. The molecule has 1 unspecified atom stereocenters. The molecule has 1 saturated heterocycles. The van der Waals surface area contributed by atoms with E-state index in [0.29, 0.717) is 30.2 Å². The van der Waals surface area contributed by atoms with Gasteiger partial charge in [0.25, 0.3) is 5.91 Å². The highest BCUT2D eigenvalue weighted by atomic mass is 35.5. The van der Waals surface area contributed by atoms with Gasteiger partial charge in [0, 0.05) is 31.0 Å². The van der Waals surface area contributed by atoms with Crippen molar-refractivity contribution in [2.45, 2.75) is 12.5 Å². The normalized spacial score (nSPS) is 18.7. The van der Waals surface area contributed by atoms with Crippen molar-refractivity contribution < 1.29 is 13.2 Å². The number of benzene rings is 1. The van der Waals surface area contributed by atoms with E-state index in [0.717, 1.165) is 0 Å². The average Bonchev–Trinajstić information content (AvgIpc) is 2.98. The lowest BCUT2D eigenvalue weighted by Crippen LogP contribution is -2.37. The zero-order valence-corrected chi connectivity index (χ0v) is 18.0. The van der Waals surface area contributed by atoms with Gasteiger partial charge in [0.2, 0.25) is 0 Å². The van der Waals surface area contributed by atoms with E-state index in [1.54, 1.807) is 17.0 Å². The molecular weight excluding hydrogens is 423 g/mol. The van der Waals surface area contributed by atoms with Crippen LogP contribution in [0.2, 0.25) is 10.0 Å². The topological polar surface area (TPSA) is 93.5 Å². The maximum atomic E-state index is 12.5. The minimum atomic E-state index is -3.09. The first-order valence-electron chi connectivity index (χ1n) is 8.60. The number of hydrogen-bond acceptors (Lipinski definition) is 6. The fourth-order valence-electron chi connectivity index (χ4n) is 2.78. The summed E-state index contributed by atoms with van der Waals surface area (Å²) < 4.78 is 23.7. The van der Waals surface area contributed by atoms with Crippen LogP contribution in [0.3, 0.4) is 0 Å². The number of halogens is 2. The van der Waals surface area contributed by atoms with E-state index >= 15 is 0 Å². The van der Waals surface area contributed by atoms with E-state index in [1.807, 2.05) is 25.1 Å². The van der Waals surface area contributed by atoms with Gasteiger partial charge in [0.15, 0.2) is 9.84 Å². The molecule has 1 heterocycles. The Balaban J connectivity index is 2.21. The Hall–Kier alpha value is -1.79. The number of carbonyl (C=O) groups excluding carboxylic acids is 1. The van der Waals surface area contributed by atoms with E-state index in [2.05, 4.69) is 5.32 Å². The summed E-state index contributed by atoms with van der Waals surface area (Å²) in [5, 5.41) is 12.7. The van der Waals surface area contributed by atoms with Gasteiger partial charge in [-0.05, 0) is 38.7 Å². The van der Waals surface area contributed by atoms with Gasteiger partial charge < -0.3 is 15.1 Å². The maximum absolute atomic E-state index is 12.5. The van der Waals surface area contributed by atoms with E-state index < -0.39 is 15.7 Å². The molecule has 1 N–H and O–H groups in total. The number of carbonyl (C=O) groups is 1. The lowest BCUT2D eigenvalue weighted by Gasteiger charge is -2.28. The third-order valence-corrected chi connectivity index (χ3v) is 6.81. The van der Waals surface area contributed by atoms with Crippen LogP contribution >= 0.6 is 23.2 Å². The number of likely N-dealkylation sites (N-methyl/N-ethyl adjacent to an activating group) is 1. The van der Waals surface area contributed by atoms with Gasteiger partial charge >= 0.3 is 0 Å². The molecule has 152 valence electrons. The van der Waals surface area contributed by atoms with Crippen molar-refractivity contribution in [3.05, 3.63) is 40.0 Å².